The van der Waals surface area contributed by atoms with E-state index in [9.17, 15) is 19.7 Å². The van der Waals surface area contributed by atoms with Crippen molar-refractivity contribution in [3.63, 3.8) is 0 Å². The number of thioether (sulfide) groups is 1. The molecule has 0 saturated heterocycles. The summed E-state index contributed by atoms with van der Waals surface area (Å²) in [5, 5.41) is 28.3. The molecule has 0 radical (unpaired) electrons. The summed E-state index contributed by atoms with van der Waals surface area (Å²) in [6.07, 6.45) is 0. The first kappa shape index (κ1) is 26.8. The van der Waals surface area contributed by atoms with Crippen molar-refractivity contribution in [2.24, 2.45) is 5.92 Å². The van der Waals surface area contributed by atoms with E-state index < -0.39 is 16.9 Å². The van der Waals surface area contributed by atoms with Gasteiger partial charge in [0.25, 0.3) is 11.6 Å². The molecule has 2 N–H and O–H groups in total. The second kappa shape index (κ2) is 11.9. The molecule has 0 aliphatic carbocycles. The molecule has 4 aromatic rings. The summed E-state index contributed by atoms with van der Waals surface area (Å²) in [5.41, 5.74) is 0.749. The fourth-order valence-electron chi connectivity index (χ4n) is 4.04. The smallest absolute Gasteiger partial charge is 0.270 e. The molecule has 0 spiro atoms. The largest absolute Gasteiger partial charge is 0.342 e. The topological polar surface area (TPSA) is 132 Å². The minimum atomic E-state index is -0.538. The maximum atomic E-state index is 12.9. The van der Waals surface area contributed by atoms with Crippen LogP contribution in [0.2, 0.25) is 0 Å². The molecule has 11 heteroatoms. The van der Waals surface area contributed by atoms with E-state index in [1.165, 1.54) is 36.0 Å². The quantitative estimate of drug-likeness (QED) is 0.163. The number of benzene rings is 3. The fraction of sp³-hybridized carbons (Fsp3) is 0.259. The van der Waals surface area contributed by atoms with Gasteiger partial charge in [-0.2, -0.15) is 0 Å². The van der Waals surface area contributed by atoms with Crippen LogP contribution in [0.1, 0.15) is 43.0 Å². The number of carbonyl (C=O) groups excluding carboxylic acids is 2. The molecule has 0 fully saturated rings. The van der Waals surface area contributed by atoms with Crippen molar-refractivity contribution in [1.82, 2.24) is 20.1 Å². The maximum Gasteiger partial charge on any atom is 0.270 e. The van der Waals surface area contributed by atoms with Gasteiger partial charge < -0.3 is 15.2 Å². The number of non-ortho nitro benzene ring substituents is 1. The summed E-state index contributed by atoms with van der Waals surface area (Å²) in [6, 6.07) is 18.8. The first-order valence-electron chi connectivity index (χ1n) is 12.2. The van der Waals surface area contributed by atoms with Crippen LogP contribution in [0, 0.1) is 16.0 Å². The Morgan fingerprint density at radius 3 is 2.50 bits per heavy atom. The molecule has 38 heavy (non-hydrogen) atoms. The summed E-state index contributed by atoms with van der Waals surface area (Å²) in [6.45, 7) is 6.35. The van der Waals surface area contributed by atoms with Crippen molar-refractivity contribution < 1.29 is 14.5 Å². The molecule has 1 heterocycles. The zero-order chi connectivity index (χ0) is 27.2. The van der Waals surface area contributed by atoms with E-state index in [1.807, 2.05) is 67.8 Å². The average Bonchev–Trinajstić information content (AvgIpc) is 3.32. The number of nitrogens with one attached hydrogen (secondary N) is 2. The van der Waals surface area contributed by atoms with Crippen molar-refractivity contribution >= 4 is 45.7 Å². The molecule has 196 valence electrons. The highest BCUT2D eigenvalue weighted by molar-refractivity contribution is 7.99. The van der Waals surface area contributed by atoms with Crippen LogP contribution in [0.5, 0.6) is 0 Å². The Kier molecular flexibility index (Phi) is 8.37. The number of nitro groups is 1. The maximum absolute atomic E-state index is 12.9. The Hall–Kier alpha value is -4.25. The summed E-state index contributed by atoms with van der Waals surface area (Å²) in [5.74, 6) is 0.0379. The number of nitrogens with zero attached hydrogens (tertiary/aromatic N) is 4. The number of rotatable bonds is 10. The van der Waals surface area contributed by atoms with Crippen LogP contribution in [0.3, 0.4) is 0 Å². The zero-order valence-corrected chi connectivity index (χ0v) is 22.1. The van der Waals surface area contributed by atoms with Crippen LogP contribution in [-0.4, -0.2) is 37.3 Å². The monoisotopic (exact) mass is 532 g/mol. The van der Waals surface area contributed by atoms with Crippen LogP contribution in [0.25, 0.3) is 10.8 Å². The summed E-state index contributed by atoms with van der Waals surface area (Å²) in [4.78, 5) is 36.2. The molecule has 0 saturated carbocycles. The average molecular weight is 533 g/mol. The van der Waals surface area contributed by atoms with Gasteiger partial charge in [0.05, 0.1) is 16.7 Å². The van der Waals surface area contributed by atoms with Gasteiger partial charge in [0.2, 0.25) is 5.91 Å². The number of carbonyl (C=O) groups is 2. The van der Waals surface area contributed by atoms with Crippen LogP contribution in [0.4, 0.5) is 11.4 Å². The van der Waals surface area contributed by atoms with Crippen LogP contribution in [0.15, 0.2) is 71.9 Å². The van der Waals surface area contributed by atoms with Crippen molar-refractivity contribution in [3.8, 4) is 0 Å². The number of aromatic nitrogens is 3. The minimum absolute atomic E-state index is 0.0406. The predicted octanol–water partition coefficient (Wildman–Crippen LogP) is 5.22. The van der Waals surface area contributed by atoms with Gasteiger partial charge in [-0.05, 0) is 41.8 Å². The Morgan fingerprint density at radius 2 is 1.79 bits per heavy atom. The van der Waals surface area contributed by atoms with E-state index in [2.05, 4.69) is 20.8 Å². The van der Waals surface area contributed by atoms with E-state index in [4.69, 9.17) is 0 Å². The number of hydrogen-bond donors (Lipinski definition) is 2. The summed E-state index contributed by atoms with van der Waals surface area (Å²) < 4.78 is 1.87. The Morgan fingerprint density at radius 1 is 1.03 bits per heavy atom. The highest BCUT2D eigenvalue weighted by Gasteiger charge is 2.26. The second-order valence-corrected chi connectivity index (χ2v) is 9.93. The third-order valence-electron chi connectivity index (χ3n) is 5.98. The lowest BCUT2D eigenvalue weighted by Gasteiger charge is -2.22. The van der Waals surface area contributed by atoms with Crippen LogP contribution in [-0.2, 0) is 11.3 Å². The molecule has 1 aromatic heterocycles. The first-order valence-corrected chi connectivity index (χ1v) is 13.1. The number of anilines is 1. The number of hydrogen-bond acceptors (Lipinski definition) is 7. The van der Waals surface area contributed by atoms with Gasteiger partial charge in [-0.3, -0.25) is 19.7 Å². The first-order chi connectivity index (χ1) is 18.3. The second-order valence-electron chi connectivity index (χ2n) is 8.99. The van der Waals surface area contributed by atoms with Crippen molar-refractivity contribution in [2.45, 2.75) is 38.5 Å². The Balaban J connectivity index is 1.45. The molecule has 4 rings (SSSR count). The van der Waals surface area contributed by atoms with Gasteiger partial charge in [0.15, 0.2) is 11.0 Å². The molecule has 0 aliphatic heterocycles. The van der Waals surface area contributed by atoms with Gasteiger partial charge in [-0.15, -0.1) is 10.2 Å². The molecular weight excluding hydrogens is 504 g/mol. The number of nitro benzene ring substituents is 1. The number of amides is 2. The van der Waals surface area contributed by atoms with E-state index in [0.717, 1.165) is 16.5 Å². The van der Waals surface area contributed by atoms with Crippen molar-refractivity contribution in [1.29, 1.82) is 0 Å². The molecule has 10 nitrogen and oxygen atoms in total. The summed E-state index contributed by atoms with van der Waals surface area (Å²) >= 11 is 1.26. The zero-order valence-electron chi connectivity index (χ0n) is 21.2. The molecule has 3 aromatic carbocycles. The Bertz CT molecular complexity index is 1490. The van der Waals surface area contributed by atoms with Gasteiger partial charge in [0.1, 0.15) is 0 Å². The normalized spacial score (nSPS) is 11.9. The van der Waals surface area contributed by atoms with Gasteiger partial charge in [-0.25, -0.2) is 0 Å². The van der Waals surface area contributed by atoms with Crippen molar-refractivity contribution in [3.05, 3.63) is 88.2 Å². The molecule has 1 atom stereocenters. The fourth-order valence-corrected chi connectivity index (χ4v) is 4.85. The minimum Gasteiger partial charge on any atom is -0.342 e. The molecule has 0 aliphatic rings. The molecular formula is C27H28N6O4S. The van der Waals surface area contributed by atoms with Crippen LogP contribution >= 0.6 is 11.8 Å². The standard InChI is InChI=1S/C27H28N6O4S/c1-4-32-25(24(17(2)3)29-26(35)20-10-7-11-22(15-20)33(36)37)30-31-27(32)38-16-23(34)28-21-13-12-18-8-5-6-9-19(18)14-21/h5-15,17,24H,4,16H2,1-3H3,(H,28,34)(H,29,35)/t24-/m0/s1. The lowest BCUT2D eigenvalue weighted by Crippen LogP contribution is -2.33. The highest BCUT2D eigenvalue weighted by atomic mass is 32.2. The van der Waals surface area contributed by atoms with Gasteiger partial charge in [0, 0.05) is 29.9 Å². The van der Waals surface area contributed by atoms with E-state index in [1.54, 1.807) is 0 Å². The molecule has 0 unspecified atom stereocenters. The molecule has 0 bridgehead atoms. The van der Waals surface area contributed by atoms with Crippen LogP contribution < -0.4 is 10.6 Å². The van der Waals surface area contributed by atoms with E-state index in [-0.39, 0.29) is 28.8 Å². The Labute approximate surface area is 224 Å². The van der Waals surface area contributed by atoms with E-state index >= 15 is 0 Å². The number of fused-ring (bicyclic) bond motifs is 1. The van der Waals surface area contributed by atoms with Crippen molar-refractivity contribution in [2.75, 3.05) is 11.1 Å². The highest BCUT2D eigenvalue weighted by Crippen LogP contribution is 2.26. The third kappa shape index (κ3) is 6.17. The predicted molar refractivity (Wildman–Crippen MR) is 147 cm³/mol. The lowest BCUT2D eigenvalue weighted by atomic mass is 10.0. The van der Waals surface area contributed by atoms with E-state index in [0.29, 0.717) is 17.5 Å². The van der Waals surface area contributed by atoms with Gasteiger partial charge >= 0.3 is 0 Å². The van der Waals surface area contributed by atoms with Gasteiger partial charge in [-0.1, -0.05) is 62.0 Å². The summed E-state index contributed by atoms with van der Waals surface area (Å²) in [7, 11) is 0. The molecule has 2 amide bonds. The third-order valence-corrected chi connectivity index (χ3v) is 6.94. The SMILES string of the molecule is CCn1c(SCC(=O)Nc2ccc3ccccc3c2)nnc1[C@@H](NC(=O)c1cccc([N+](=O)[O-])c1)C(C)C. The lowest BCUT2D eigenvalue weighted by molar-refractivity contribution is -0.384.